The van der Waals surface area contributed by atoms with Crippen LogP contribution in [0, 0.1) is 6.92 Å². The zero-order valence-corrected chi connectivity index (χ0v) is 10.8. The third kappa shape index (κ3) is 2.96. The first-order valence-corrected chi connectivity index (χ1v) is 5.85. The van der Waals surface area contributed by atoms with Crippen molar-refractivity contribution in [3.63, 3.8) is 0 Å². The molecule has 21 heavy (non-hydrogen) atoms. The van der Waals surface area contributed by atoms with Gasteiger partial charge < -0.3 is 10.1 Å². The van der Waals surface area contributed by atoms with Gasteiger partial charge in [0.15, 0.2) is 0 Å². The number of nitrogens with one attached hydrogen (secondary N) is 1. The Morgan fingerprint density at radius 3 is 2.48 bits per heavy atom. The third-order valence-corrected chi connectivity index (χ3v) is 2.88. The van der Waals surface area contributed by atoms with Crippen LogP contribution >= 0.6 is 0 Å². The fraction of sp³-hybridized carbons (Fsp3) is 0.143. The van der Waals surface area contributed by atoms with Crippen LogP contribution in [0.25, 0.3) is 11.1 Å². The lowest BCUT2D eigenvalue weighted by Crippen LogP contribution is -2.19. The second kappa shape index (κ2) is 5.08. The molecule has 0 aliphatic carbocycles. The van der Waals surface area contributed by atoms with Crippen molar-refractivity contribution in [2.75, 3.05) is 0 Å². The number of carboxylic acids is 1. The van der Waals surface area contributed by atoms with E-state index in [9.17, 15) is 22.8 Å². The van der Waals surface area contributed by atoms with Gasteiger partial charge in [-0.25, -0.2) is 4.79 Å². The highest BCUT2D eigenvalue weighted by Crippen LogP contribution is 2.32. The van der Waals surface area contributed by atoms with Crippen molar-refractivity contribution < 1.29 is 23.1 Å². The topological polar surface area (TPSA) is 70.2 Å². The average Bonchev–Trinajstić information content (AvgIpc) is 2.36. The molecular formula is C14H10F3NO3. The van der Waals surface area contributed by atoms with Crippen LogP contribution in [0.4, 0.5) is 13.2 Å². The zero-order valence-electron chi connectivity index (χ0n) is 10.8. The maximum Gasteiger partial charge on any atom is 0.416 e. The summed E-state index contributed by atoms with van der Waals surface area (Å²) in [4.78, 5) is 25.2. The van der Waals surface area contributed by atoms with E-state index in [1.807, 2.05) is 0 Å². The Morgan fingerprint density at radius 1 is 1.24 bits per heavy atom. The van der Waals surface area contributed by atoms with Crippen LogP contribution in [0.2, 0.25) is 0 Å². The van der Waals surface area contributed by atoms with Gasteiger partial charge in [0.2, 0.25) is 0 Å². The minimum atomic E-state index is -4.55. The number of H-pyrrole nitrogens is 1. The lowest BCUT2D eigenvalue weighted by atomic mass is 9.98. The summed E-state index contributed by atoms with van der Waals surface area (Å²) in [6.07, 6.45) is -4.55. The van der Waals surface area contributed by atoms with Crippen molar-refractivity contribution in [3.05, 3.63) is 57.5 Å². The van der Waals surface area contributed by atoms with Gasteiger partial charge >= 0.3 is 12.1 Å². The molecule has 1 aromatic heterocycles. The lowest BCUT2D eigenvalue weighted by Gasteiger charge is -2.11. The summed E-state index contributed by atoms with van der Waals surface area (Å²) < 4.78 is 38.2. The second-order valence-corrected chi connectivity index (χ2v) is 4.45. The van der Waals surface area contributed by atoms with E-state index in [1.54, 1.807) is 0 Å². The van der Waals surface area contributed by atoms with E-state index in [0.717, 1.165) is 12.1 Å². The number of benzene rings is 1. The average molecular weight is 297 g/mol. The summed E-state index contributed by atoms with van der Waals surface area (Å²) in [5, 5.41) is 9.09. The molecule has 0 aliphatic rings. The van der Waals surface area contributed by atoms with Gasteiger partial charge in [-0.2, -0.15) is 13.2 Å². The van der Waals surface area contributed by atoms with E-state index in [2.05, 4.69) is 4.98 Å². The molecule has 0 saturated heterocycles. The molecule has 1 heterocycles. The molecular weight excluding hydrogens is 287 g/mol. The molecule has 110 valence electrons. The fourth-order valence-corrected chi connectivity index (χ4v) is 1.99. The minimum absolute atomic E-state index is 0.0245. The Bertz CT molecular complexity index is 763. The van der Waals surface area contributed by atoms with E-state index in [4.69, 9.17) is 5.11 Å². The first-order valence-electron chi connectivity index (χ1n) is 5.85. The first-order chi connectivity index (χ1) is 9.70. The quantitative estimate of drug-likeness (QED) is 0.895. The number of carbonyl (C=O) groups is 1. The third-order valence-electron chi connectivity index (χ3n) is 2.88. The molecule has 0 radical (unpaired) electrons. The van der Waals surface area contributed by atoms with Crippen LogP contribution in [-0.4, -0.2) is 16.1 Å². The Balaban J connectivity index is 2.73. The van der Waals surface area contributed by atoms with Gasteiger partial charge in [-0.3, -0.25) is 4.79 Å². The molecule has 0 unspecified atom stereocenters. The summed E-state index contributed by atoms with van der Waals surface area (Å²) in [5.41, 5.74) is -2.01. The van der Waals surface area contributed by atoms with Crippen LogP contribution in [0.5, 0.6) is 0 Å². The number of hydrogen-bond donors (Lipinski definition) is 2. The molecule has 4 nitrogen and oxygen atoms in total. The Kier molecular flexibility index (Phi) is 3.59. The van der Waals surface area contributed by atoms with Gasteiger partial charge in [-0.05, 0) is 30.7 Å². The smallest absolute Gasteiger partial charge is 0.416 e. The summed E-state index contributed by atoms with van der Waals surface area (Å²) in [7, 11) is 0. The number of alkyl halides is 3. The maximum atomic E-state index is 12.7. The fourth-order valence-electron chi connectivity index (χ4n) is 1.99. The number of rotatable bonds is 2. The Labute approximate surface area is 116 Å². The lowest BCUT2D eigenvalue weighted by molar-refractivity contribution is -0.137. The highest BCUT2D eigenvalue weighted by Gasteiger charge is 2.31. The molecule has 7 heteroatoms. The number of pyridine rings is 1. The number of halogens is 3. The van der Waals surface area contributed by atoms with Crippen molar-refractivity contribution >= 4 is 5.97 Å². The van der Waals surface area contributed by atoms with Crippen molar-refractivity contribution in [1.29, 1.82) is 0 Å². The van der Waals surface area contributed by atoms with E-state index in [-0.39, 0.29) is 11.1 Å². The van der Waals surface area contributed by atoms with Crippen LogP contribution < -0.4 is 5.56 Å². The summed E-state index contributed by atoms with van der Waals surface area (Å²) in [6.45, 7) is 1.52. The van der Waals surface area contributed by atoms with Crippen LogP contribution in [0.15, 0.2) is 35.1 Å². The van der Waals surface area contributed by atoms with Crippen LogP contribution in [0.1, 0.15) is 21.6 Å². The monoisotopic (exact) mass is 297 g/mol. The van der Waals surface area contributed by atoms with Gasteiger partial charge in [0.05, 0.1) is 5.56 Å². The van der Waals surface area contributed by atoms with E-state index in [0.29, 0.717) is 5.69 Å². The van der Waals surface area contributed by atoms with Gasteiger partial charge in [-0.15, -0.1) is 0 Å². The first kappa shape index (κ1) is 14.8. The van der Waals surface area contributed by atoms with Crippen molar-refractivity contribution in [2.24, 2.45) is 0 Å². The Hall–Kier alpha value is -2.57. The number of aryl methyl sites for hydroxylation is 1. The number of aromatic nitrogens is 1. The summed E-state index contributed by atoms with van der Waals surface area (Å²) in [5.74, 6) is -1.50. The largest absolute Gasteiger partial charge is 0.477 e. The molecule has 1 aromatic carbocycles. The molecule has 2 N–H and O–H groups in total. The zero-order chi connectivity index (χ0) is 15.8. The number of aromatic carboxylic acids is 1. The molecule has 0 bridgehead atoms. The summed E-state index contributed by atoms with van der Waals surface area (Å²) in [6, 6.07) is 5.53. The minimum Gasteiger partial charge on any atom is -0.477 e. The molecule has 0 fully saturated rings. The Morgan fingerprint density at radius 2 is 1.90 bits per heavy atom. The van der Waals surface area contributed by atoms with Gasteiger partial charge in [0.1, 0.15) is 5.56 Å². The predicted molar refractivity (Wildman–Crippen MR) is 69.2 cm³/mol. The molecule has 2 rings (SSSR count). The molecule has 0 spiro atoms. The number of hydrogen-bond acceptors (Lipinski definition) is 2. The normalized spacial score (nSPS) is 11.4. The van der Waals surface area contributed by atoms with Crippen molar-refractivity contribution in [2.45, 2.75) is 13.1 Å². The highest BCUT2D eigenvalue weighted by atomic mass is 19.4. The number of aromatic amines is 1. The second-order valence-electron chi connectivity index (χ2n) is 4.45. The SMILES string of the molecule is Cc1cc(-c2cccc(C(F)(F)F)c2)c(C(=O)O)c(=O)[nH]1. The van der Waals surface area contributed by atoms with Crippen LogP contribution in [-0.2, 0) is 6.18 Å². The molecule has 0 atom stereocenters. The van der Waals surface area contributed by atoms with E-state index in [1.165, 1.54) is 25.1 Å². The van der Waals surface area contributed by atoms with Crippen molar-refractivity contribution in [1.82, 2.24) is 4.98 Å². The molecule has 2 aromatic rings. The van der Waals surface area contributed by atoms with E-state index >= 15 is 0 Å². The predicted octanol–water partition coefficient (Wildman–Crippen LogP) is 3.07. The summed E-state index contributed by atoms with van der Waals surface area (Å²) >= 11 is 0. The number of carboxylic acid groups (broad SMARTS) is 1. The van der Waals surface area contributed by atoms with E-state index < -0.39 is 28.8 Å². The van der Waals surface area contributed by atoms with Gasteiger partial charge in [0, 0.05) is 11.3 Å². The van der Waals surface area contributed by atoms with Crippen LogP contribution in [0.3, 0.4) is 0 Å². The van der Waals surface area contributed by atoms with Gasteiger partial charge in [0.25, 0.3) is 5.56 Å². The molecule has 0 amide bonds. The maximum absolute atomic E-state index is 12.7. The molecule has 0 aliphatic heterocycles. The highest BCUT2D eigenvalue weighted by molar-refractivity contribution is 5.95. The van der Waals surface area contributed by atoms with Gasteiger partial charge in [-0.1, -0.05) is 12.1 Å². The molecule has 0 saturated carbocycles. The standard InChI is InChI=1S/C14H10F3NO3/c1-7-5-10(11(13(20)21)12(19)18-7)8-3-2-4-9(6-8)14(15,16)17/h2-6H,1H3,(H,18,19)(H,20,21). The van der Waals surface area contributed by atoms with Crippen molar-refractivity contribution in [3.8, 4) is 11.1 Å².